The molecule has 0 unspecified atom stereocenters. The Morgan fingerprint density at radius 1 is 0.754 bits per heavy atom. The standard InChI is InChI=1S/C40H62N14O11/c1-21(2)14-29(52-38(62)31(16-26-17-43-20-46-26)53-39(63)32(19-55)48-24(6)56)35(59)45-18-33(57)50-30(15-22(3)4)37(61)47-23(5)34(58)51-28(8-7-13-44-40(41)42)36(60)49-25-9-11-27(12-10-25)54(64)65/h9-12,17,20-23,28-32,55H,7-8,13-16,18-19H2,1-6H3,(H,43,46)(H,45,59)(H,47,61)(H,48,56)(H,49,60)(H,50,57)(H,51,58)(H,52,62)(H,53,63)(H4,41,42,44)/t23-,28-,29-,30-,31-,32-/m0/s1. The third-order valence-electron chi connectivity index (χ3n) is 9.29. The molecule has 8 amide bonds. The summed E-state index contributed by atoms with van der Waals surface area (Å²) in [7, 11) is 0. The fraction of sp³-hybridized carbons (Fsp3) is 0.550. The highest BCUT2D eigenvalue weighted by molar-refractivity contribution is 5.99. The lowest BCUT2D eigenvalue weighted by Gasteiger charge is -2.26. The van der Waals surface area contributed by atoms with E-state index in [1.165, 1.54) is 43.7 Å². The lowest BCUT2D eigenvalue weighted by molar-refractivity contribution is -0.384. The van der Waals surface area contributed by atoms with Crippen LogP contribution in [0.5, 0.6) is 0 Å². The van der Waals surface area contributed by atoms with Gasteiger partial charge in [0.15, 0.2) is 5.96 Å². The summed E-state index contributed by atoms with van der Waals surface area (Å²) in [5, 5.41) is 40.9. The van der Waals surface area contributed by atoms with Gasteiger partial charge in [0.2, 0.25) is 47.3 Å². The van der Waals surface area contributed by atoms with Crippen molar-refractivity contribution in [3.8, 4) is 0 Å². The minimum Gasteiger partial charge on any atom is -0.394 e. The molecule has 1 aromatic heterocycles. The van der Waals surface area contributed by atoms with E-state index < -0.39 is 102 Å². The van der Waals surface area contributed by atoms with E-state index in [2.05, 4.69) is 57.5 Å². The average molecular weight is 915 g/mol. The average Bonchev–Trinajstić information content (AvgIpc) is 3.74. The topological polar surface area (TPSA) is 389 Å². The summed E-state index contributed by atoms with van der Waals surface area (Å²) in [5.74, 6) is -6.34. The number of carbonyl (C=O) groups is 8. The predicted molar refractivity (Wildman–Crippen MR) is 236 cm³/mol. The van der Waals surface area contributed by atoms with Crippen LogP contribution in [0, 0.1) is 22.0 Å². The molecule has 0 aliphatic heterocycles. The normalized spacial score (nSPS) is 13.7. The molecule has 0 aliphatic carbocycles. The first kappa shape index (κ1) is 54.0. The van der Waals surface area contributed by atoms with Gasteiger partial charge in [0.05, 0.1) is 24.4 Å². The van der Waals surface area contributed by atoms with E-state index in [1.54, 1.807) is 27.7 Å². The molecule has 25 heteroatoms. The van der Waals surface area contributed by atoms with Gasteiger partial charge in [0, 0.05) is 49.6 Å². The van der Waals surface area contributed by atoms with E-state index in [9.17, 15) is 53.6 Å². The molecule has 25 nitrogen and oxygen atoms in total. The van der Waals surface area contributed by atoms with Crippen LogP contribution in [0.15, 0.2) is 41.8 Å². The Kier molecular flexibility index (Phi) is 22.5. The SMILES string of the molecule is CC(=O)N[C@@H](CO)C(=O)N[C@@H](Cc1cnc[nH]1)C(=O)N[C@@H](CC(C)C)C(=O)NCC(=O)N[C@@H](CC(C)C)C(=O)N[C@@H](C)C(=O)N[C@@H](CCCN=C(N)N)C(=O)Nc1ccc([N+](=O)[O-])cc1. The third kappa shape index (κ3) is 20.3. The maximum atomic E-state index is 13.6. The van der Waals surface area contributed by atoms with Crippen LogP contribution in [-0.4, -0.2) is 129 Å². The fourth-order valence-electron chi connectivity index (χ4n) is 6.10. The summed E-state index contributed by atoms with van der Waals surface area (Å²) in [6.07, 6.45) is 3.25. The molecule has 0 bridgehead atoms. The zero-order valence-electron chi connectivity index (χ0n) is 37.3. The minimum atomic E-state index is -1.36. The molecule has 65 heavy (non-hydrogen) atoms. The molecule has 0 saturated carbocycles. The lowest BCUT2D eigenvalue weighted by Crippen LogP contribution is -2.58. The Balaban J connectivity index is 2.13. The van der Waals surface area contributed by atoms with Crippen LogP contribution in [-0.2, 0) is 44.8 Å². The number of nitrogens with two attached hydrogens (primary N) is 2. The summed E-state index contributed by atoms with van der Waals surface area (Å²) in [6, 6.07) is -2.35. The zero-order valence-corrected chi connectivity index (χ0v) is 37.3. The van der Waals surface area contributed by atoms with Gasteiger partial charge in [-0.05, 0) is 56.6 Å². The number of hydrogen-bond donors (Lipinski definition) is 12. The molecule has 14 N–H and O–H groups in total. The maximum Gasteiger partial charge on any atom is 0.269 e. The number of non-ortho nitro benzene ring substituents is 1. The number of H-pyrrole nitrogens is 1. The van der Waals surface area contributed by atoms with E-state index in [0.29, 0.717) is 5.69 Å². The van der Waals surface area contributed by atoms with Gasteiger partial charge in [-0.15, -0.1) is 0 Å². The maximum absolute atomic E-state index is 13.6. The number of rotatable bonds is 27. The minimum absolute atomic E-state index is 0.0643. The van der Waals surface area contributed by atoms with E-state index >= 15 is 0 Å². The number of benzene rings is 1. The first-order valence-corrected chi connectivity index (χ1v) is 20.8. The van der Waals surface area contributed by atoms with Crippen LogP contribution in [0.1, 0.15) is 72.9 Å². The van der Waals surface area contributed by atoms with Crippen LogP contribution < -0.4 is 54.0 Å². The quantitative estimate of drug-likeness (QED) is 0.0148. The summed E-state index contributed by atoms with van der Waals surface area (Å²) in [6.45, 7) is 8.48. The smallest absolute Gasteiger partial charge is 0.269 e. The highest BCUT2D eigenvalue weighted by Crippen LogP contribution is 2.16. The van der Waals surface area contributed by atoms with Crippen molar-refractivity contribution in [3.05, 3.63) is 52.6 Å². The van der Waals surface area contributed by atoms with E-state index in [-0.39, 0.29) is 67.8 Å². The van der Waals surface area contributed by atoms with E-state index in [4.69, 9.17) is 11.5 Å². The number of amides is 8. The Hall–Kier alpha value is -7.18. The van der Waals surface area contributed by atoms with E-state index in [1.807, 2.05) is 0 Å². The number of imidazole rings is 1. The molecular formula is C40H62N14O11. The van der Waals surface area contributed by atoms with Crippen LogP contribution in [0.3, 0.4) is 0 Å². The van der Waals surface area contributed by atoms with Crippen LogP contribution >= 0.6 is 0 Å². The highest BCUT2D eigenvalue weighted by Gasteiger charge is 2.32. The van der Waals surface area contributed by atoms with Crippen molar-refractivity contribution in [1.29, 1.82) is 0 Å². The molecule has 0 spiro atoms. The van der Waals surface area contributed by atoms with Crippen molar-refractivity contribution in [3.63, 3.8) is 0 Å². The fourth-order valence-corrected chi connectivity index (χ4v) is 6.10. The first-order valence-electron chi connectivity index (χ1n) is 20.8. The molecule has 0 aliphatic rings. The second-order valence-electron chi connectivity index (χ2n) is 16.0. The van der Waals surface area contributed by atoms with Gasteiger partial charge in [0.25, 0.3) is 5.69 Å². The number of aromatic amines is 1. The highest BCUT2D eigenvalue weighted by atomic mass is 16.6. The van der Waals surface area contributed by atoms with Crippen LogP contribution in [0.25, 0.3) is 0 Å². The molecule has 2 rings (SSSR count). The number of nitrogens with zero attached hydrogens (tertiary/aromatic N) is 3. The van der Waals surface area contributed by atoms with Crippen molar-refractivity contribution in [2.24, 2.45) is 28.3 Å². The summed E-state index contributed by atoms with van der Waals surface area (Å²) in [4.78, 5) is 126. The number of aliphatic hydroxyl groups is 1. The molecule has 6 atom stereocenters. The van der Waals surface area contributed by atoms with Gasteiger partial charge in [-0.3, -0.25) is 53.5 Å². The lowest BCUT2D eigenvalue weighted by atomic mass is 10.0. The molecule has 1 heterocycles. The van der Waals surface area contributed by atoms with Crippen LogP contribution in [0.4, 0.5) is 11.4 Å². The van der Waals surface area contributed by atoms with Crippen LogP contribution in [0.2, 0.25) is 0 Å². The van der Waals surface area contributed by atoms with Gasteiger partial charge in [-0.2, -0.15) is 0 Å². The summed E-state index contributed by atoms with van der Waals surface area (Å²) >= 11 is 0. The zero-order chi connectivity index (χ0) is 48.8. The number of nitro groups is 1. The van der Waals surface area contributed by atoms with Gasteiger partial charge < -0.3 is 64.1 Å². The number of carbonyl (C=O) groups excluding carboxylic acids is 8. The van der Waals surface area contributed by atoms with Crippen molar-refractivity contribution >= 4 is 64.6 Å². The number of aromatic nitrogens is 2. The first-order chi connectivity index (χ1) is 30.6. The number of anilines is 1. The molecule has 0 saturated heterocycles. The van der Waals surface area contributed by atoms with Crippen molar-refractivity contribution < 1.29 is 48.4 Å². The number of hydrogen-bond acceptors (Lipinski definition) is 13. The largest absolute Gasteiger partial charge is 0.394 e. The molecule has 2 aromatic rings. The monoisotopic (exact) mass is 914 g/mol. The van der Waals surface area contributed by atoms with Gasteiger partial charge in [-0.1, -0.05) is 27.7 Å². The predicted octanol–water partition coefficient (Wildman–Crippen LogP) is -2.30. The number of aliphatic imine (C=N–C) groups is 1. The van der Waals surface area contributed by atoms with Crippen molar-refractivity contribution in [2.45, 2.75) is 110 Å². The summed E-state index contributed by atoms with van der Waals surface area (Å²) < 4.78 is 0. The molecule has 358 valence electrons. The Morgan fingerprint density at radius 2 is 1.32 bits per heavy atom. The Bertz CT molecular complexity index is 1970. The molecular weight excluding hydrogens is 853 g/mol. The number of nitrogens with one attached hydrogen (secondary N) is 9. The number of nitro benzene ring substituents is 1. The van der Waals surface area contributed by atoms with Crippen molar-refractivity contribution in [1.82, 2.24) is 47.2 Å². The number of guanidine groups is 1. The number of aliphatic hydroxyl groups excluding tert-OH is 1. The molecule has 0 fully saturated rings. The second-order valence-corrected chi connectivity index (χ2v) is 16.0. The third-order valence-corrected chi connectivity index (χ3v) is 9.29. The molecule has 1 aromatic carbocycles. The van der Waals surface area contributed by atoms with Gasteiger partial charge in [-0.25, -0.2) is 4.98 Å². The Labute approximate surface area is 375 Å². The Morgan fingerprint density at radius 3 is 1.86 bits per heavy atom. The molecule has 0 radical (unpaired) electrons. The van der Waals surface area contributed by atoms with Gasteiger partial charge >= 0.3 is 0 Å². The second kappa shape index (κ2) is 27.1. The van der Waals surface area contributed by atoms with Gasteiger partial charge in [0.1, 0.15) is 36.3 Å². The van der Waals surface area contributed by atoms with Crippen molar-refractivity contribution in [2.75, 3.05) is 25.0 Å². The summed E-state index contributed by atoms with van der Waals surface area (Å²) in [5.41, 5.74) is 11.3. The van der Waals surface area contributed by atoms with E-state index in [0.717, 1.165) is 6.92 Å².